The molecule has 1 fully saturated rings. The topological polar surface area (TPSA) is 75.8 Å². The number of nitrogens with zero attached hydrogens (tertiary/aromatic N) is 4. The summed E-state index contributed by atoms with van der Waals surface area (Å²) in [5, 5.41) is 7.86. The molecule has 0 atom stereocenters. The molecule has 0 bridgehead atoms. The van der Waals surface area contributed by atoms with E-state index in [1.807, 2.05) is 30.1 Å². The molecule has 0 aliphatic heterocycles. The summed E-state index contributed by atoms with van der Waals surface area (Å²) in [5.74, 6) is 2.53. The average Bonchev–Trinajstić information content (AvgIpc) is 3.34. The SMILES string of the molecule is CN=C(NCc1nc(-c2cccc(Cl)c2)no1)N(C)CCOCC1CC1.I. The van der Waals surface area contributed by atoms with Crippen LogP contribution in [-0.2, 0) is 11.3 Å². The van der Waals surface area contributed by atoms with Gasteiger partial charge < -0.3 is 19.5 Å². The Balaban J connectivity index is 0.00000261. The first kappa shape index (κ1) is 21.9. The van der Waals surface area contributed by atoms with Crippen molar-refractivity contribution in [2.45, 2.75) is 19.4 Å². The van der Waals surface area contributed by atoms with E-state index in [1.165, 1.54) is 12.8 Å². The predicted molar refractivity (Wildman–Crippen MR) is 117 cm³/mol. The summed E-state index contributed by atoms with van der Waals surface area (Å²) in [6, 6.07) is 7.36. The molecule has 1 heterocycles. The Morgan fingerprint density at radius 1 is 1.44 bits per heavy atom. The Hall–Kier alpha value is -1.39. The quantitative estimate of drug-likeness (QED) is 0.256. The Bertz CT molecular complexity index is 751. The standard InChI is InChI=1S/C18H24ClN5O2.HI/c1-20-18(24(2)8-9-25-12-13-6-7-13)21-11-16-22-17(23-26-16)14-4-3-5-15(19)10-14;/h3-5,10,13H,6-9,11-12H2,1-2H3,(H,20,21);1H. The minimum atomic E-state index is 0. The molecule has 0 spiro atoms. The van der Waals surface area contributed by atoms with Crippen LogP contribution in [0.2, 0.25) is 5.02 Å². The molecule has 9 heteroatoms. The van der Waals surface area contributed by atoms with Gasteiger partial charge in [0, 0.05) is 37.8 Å². The number of ether oxygens (including phenoxy) is 1. The van der Waals surface area contributed by atoms with E-state index < -0.39 is 0 Å². The first-order valence-corrected chi connectivity index (χ1v) is 9.11. The van der Waals surface area contributed by atoms with Crippen molar-refractivity contribution in [2.75, 3.05) is 33.9 Å². The minimum Gasteiger partial charge on any atom is -0.379 e. The summed E-state index contributed by atoms with van der Waals surface area (Å²) in [7, 11) is 3.72. The summed E-state index contributed by atoms with van der Waals surface area (Å²) in [4.78, 5) is 10.7. The van der Waals surface area contributed by atoms with Crippen molar-refractivity contribution in [3.05, 3.63) is 35.2 Å². The number of hydrogen-bond acceptors (Lipinski definition) is 5. The van der Waals surface area contributed by atoms with E-state index in [-0.39, 0.29) is 24.0 Å². The number of aliphatic imine (C=N–C) groups is 1. The number of hydrogen-bond donors (Lipinski definition) is 1. The molecule has 2 aromatic rings. The van der Waals surface area contributed by atoms with Crippen LogP contribution in [-0.4, -0.2) is 54.9 Å². The van der Waals surface area contributed by atoms with Crippen LogP contribution in [0.15, 0.2) is 33.8 Å². The lowest BCUT2D eigenvalue weighted by molar-refractivity contribution is 0.115. The molecule has 1 aromatic carbocycles. The molecule has 148 valence electrons. The highest BCUT2D eigenvalue weighted by Crippen LogP contribution is 2.28. The van der Waals surface area contributed by atoms with Gasteiger partial charge in [0.1, 0.15) is 0 Å². The van der Waals surface area contributed by atoms with Crippen molar-refractivity contribution < 1.29 is 9.26 Å². The predicted octanol–water partition coefficient (Wildman–Crippen LogP) is 3.44. The molecule has 27 heavy (non-hydrogen) atoms. The maximum absolute atomic E-state index is 6.00. The van der Waals surface area contributed by atoms with E-state index >= 15 is 0 Å². The summed E-state index contributed by atoms with van der Waals surface area (Å²) in [6.45, 7) is 2.72. The van der Waals surface area contributed by atoms with Crippen molar-refractivity contribution in [3.63, 3.8) is 0 Å². The number of aromatic nitrogens is 2. The van der Waals surface area contributed by atoms with Crippen LogP contribution in [0.5, 0.6) is 0 Å². The number of halogens is 2. The van der Waals surface area contributed by atoms with Crippen LogP contribution < -0.4 is 5.32 Å². The number of rotatable bonds is 8. The molecule has 1 saturated carbocycles. The second-order valence-electron chi connectivity index (χ2n) is 6.36. The largest absolute Gasteiger partial charge is 0.379 e. The van der Waals surface area contributed by atoms with Gasteiger partial charge in [0.05, 0.1) is 13.2 Å². The molecule has 1 N–H and O–H groups in total. The third kappa shape index (κ3) is 6.93. The number of likely N-dealkylation sites (N-methyl/N-ethyl adjacent to an activating group) is 1. The Labute approximate surface area is 181 Å². The zero-order chi connectivity index (χ0) is 18.4. The highest BCUT2D eigenvalue weighted by Gasteiger charge is 2.21. The maximum Gasteiger partial charge on any atom is 0.246 e. The third-order valence-corrected chi connectivity index (χ3v) is 4.38. The smallest absolute Gasteiger partial charge is 0.246 e. The molecule has 7 nitrogen and oxygen atoms in total. The van der Waals surface area contributed by atoms with Crippen LogP contribution in [0.4, 0.5) is 0 Å². The maximum atomic E-state index is 6.00. The number of nitrogens with one attached hydrogen (secondary N) is 1. The van der Waals surface area contributed by atoms with E-state index in [9.17, 15) is 0 Å². The van der Waals surface area contributed by atoms with Crippen LogP contribution in [0.1, 0.15) is 18.7 Å². The average molecular weight is 506 g/mol. The number of benzene rings is 1. The van der Waals surface area contributed by atoms with Crippen molar-refractivity contribution >= 4 is 41.5 Å². The third-order valence-electron chi connectivity index (χ3n) is 4.14. The fourth-order valence-electron chi connectivity index (χ4n) is 2.45. The number of guanidine groups is 1. The fourth-order valence-corrected chi connectivity index (χ4v) is 2.64. The normalized spacial score (nSPS) is 14.0. The monoisotopic (exact) mass is 505 g/mol. The Morgan fingerprint density at radius 3 is 2.96 bits per heavy atom. The van der Waals surface area contributed by atoms with Crippen molar-refractivity contribution in [3.8, 4) is 11.4 Å². The van der Waals surface area contributed by atoms with Gasteiger partial charge in [-0.1, -0.05) is 28.9 Å². The van der Waals surface area contributed by atoms with Crippen molar-refractivity contribution in [1.82, 2.24) is 20.4 Å². The van der Waals surface area contributed by atoms with Gasteiger partial charge in [-0.05, 0) is 30.9 Å². The van der Waals surface area contributed by atoms with Crippen molar-refractivity contribution in [1.29, 1.82) is 0 Å². The molecular weight excluding hydrogens is 481 g/mol. The lowest BCUT2D eigenvalue weighted by atomic mass is 10.2. The van der Waals surface area contributed by atoms with Gasteiger partial charge in [-0.2, -0.15) is 4.98 Å². The van der Waals surface area contributed by atoms with E-state index in [4.69, 9.17) is 20.9 Å². The van der Waals surface area contributed by atoms with Crippen LogP contribution >= 0.6 is 35.6 Å². The van der Waals surface area contributed by atoms with Crippen LogP contribution in [0, 0.1) is 5.92 Å². The summed E-state index contributed by atoms with van der Waals surface area (Å²) in [6.07, 6.45) is 2.61. The molecule has 0 amide bonds. The van der Waals surface area contributed by atoms with Gasteiger partial charge in [-0.25, -0.2) is 0 Å². The zero-order valence-corrected chi connectivity index (χ0v) is 18.6. The highest BCUT2D eigenvalue weighted by atomic mass is 127. The first-order valence-electron chi connectivity index (χ1n) is 8.73. The summed E-state index contributed by atoms with van der Waals surface area (Å²) < 4.78 is 11.0. The molecule has 3 rings (SSSR count). The molecule has 1 aliphatic rings. The Morgan fingerprint density at radius 2 is 2.26 bits per heavy atom. The second-order valence-corrected chi connectivity index (χ2v) is 6.80. The summed E-state index contributed by atoms with van der Waals surface area (Å²) >= 11 is 6.00. The first-order chi connectivity index (χ1) is 12.7. The van der Waals surface area contributed by atoms with Gasteiger partial charge in [0.15, 0.2) is 5.96 Å². The lowest BCUT2D eigenvalue weighted by Gasteiger charge is -2.21. The second kappa shape index (κ2) is 10.8. The molecular formula is C18H25ClIN5O2. The van der Waals surface area contributed by atoms with E-state index in [0.717, 1.165) is 30.6 Å². The Kier molecular flexibility index (Phi) is 8.78. The van der Waals surface area contributed by atoms with E-state index in [2.05, 4.69) is 20.4 Å². The van der Waals surface area contributed by atoms with E-state index in [1.54, 1.807) is 13.1 Å². The van der Waals surface area contributed by atoms with Gasteiger partial charge in [-0.3, -0.25) is 4.99 Å². The molecule has 1 aromatic heterocycles. The summed E-state index contributed by atoms with van der Waals surface area (Å²) in [5.41, 5.74) is 0.821. The van der Waals surface area contributed by atoms with Gasteiger partial charge in [0.2, 0.25) is 11.7 Å². The fraction of sp³-hybridized carbons (Fsp3) is 0.500. The van der Waals surface area contributed by atoms with Gasteiger partial charge >= 0.3 is 0 Å². The molecule has 0 radical (unpaired) electrons. The molecule has 0 saturated heterocycles. The zero-order valence-electron chi connectivity index (χ0n) is 15.5. The molecule has 0 unspecified atom stereocenters. The van der Waals surface area contributed by atoms with E-state index in [0.29, 0.717) is 29.9 Å². The van der Waals surface area contributed by atoms with Gasteiger partial charge in [0.25, 0.3) is 0 Å². The lowest BCUT2D eigenvalue weighted by Crippen LogP contribution is -2.40. The van der Waals surface area contributed by atoms with Crippen LogP contribution in [0.3, 0.4) is 0 Å². The highest BCUT2D eigenvalue weighted by molar-refractivity contribution is 14.0. The van der Waals surface area contributed by atoms with Crippen LogP contribution in [0.25, 0.3) is 11.4 Å². The minimum absolute atomic E-state index is 0. The molecule has 1 aliphatic carbocycles. The van der Waals surface area contributed by atoms with Crippen molar-refractivity contribution in [2.24, 2.45) is 10.9 Å². The van der Waals surface area contributed by atoms with Gasteiger partial charge in [-0.15, -0.1) is 24.0 Å².